The fraction of sp³-hybridized carbons (Fsp3) is 0.846. The van der Waals surface area contributed by atoms with E-state index in [0.717, 1.165) is 19.3 Å². The monoisotopic (exact) mass is 270 g/mol. The molecule has 108 valence electrons. The van der Waals surface area contributed by atoms with Gasteiger partial charge in [0.2, 0.25) is 0 Å². The number of carbonyl (C=O) groups is 2. The van der Waals surface area contributed by atoms with Crippen LogP contribution in [0, 0.1) is 5.92 Å². The number of carboxylic acids is 1. The van der Waals surface area contributed by atoms with Crippen molar-refractivity contribution in [1.29, 1.82) is 0 Å². The van der Waals surface area contributed by atoms with E-state index in [1.165, 1.54) is 0 Å². The summed E-state index contributed by atoms with van der Waals surface area (Å²) in [5.41, 5.74) is 0. The second-order valence-corrected chi connectivity index (χ2v) is 5.35. The van der Waals surface area contributed by atoms with Crippen molar-refractivity contribution in [1.82, 2.24) is 10.2 Å². The molecule has 6 nitrogen and oxygen atoms in total. The van der Waals surface area contributed by atoms with Crippen LogP contribution < -0.4 is 5.32 Å². The molecule has 2 N–H and O–H groups in total. The number of rotatable bonds is 5. The van der Waals surface area contributed by atoms with Crippen LogP contribution in [0.2, 0.25) is 0 Å². The number of urea groups is 1. The average molecular weight is 270 g/mol. The van der Waals surface area contributed by atoms with E-state index in [9.17, 15) is 9.59 Å². The molecule has 1 aliphatic carbocycles. The molecular formula is C13H22N2O4. The number of nitrogens with zero attached hydrogens (tertiary/aromatic N) is 1. The third kappa shape index (κ3) is 3.83. The van der Waals surface area contributed by atoms with Gasteiger partial charge in [0.1, 0.15) is 6.04 Å². The maximum atomic E-state index is 12.2. The van der Waals surface area contributed by atoms with E-state index in [0.29, 0.717) is 32.1 Å². The van der Waals surface area contributed by atoms with Gasteiger partial charge < -0.3 is 20.1 Å². The molecule has 1 heterocycles. The maximum Gasteiger partial charge on any atom is 0.326 e. The second kappa shape index (κ2) is 6.23. The van der Waals surface area contributed by atoms with E-state index in [1.54, 1.807) is 4.90 Å². The molecule has 2 rings (SSSR count). The van der Waals surface area contributed by atoms with Crippen molar-refractivity contribution >= 4 is 12.0 Å². The van der Waals surface area contributed by atoms with Crippen LogP contribution in [0.15, 0.2) is 0 Å². The van der Waals surface area contributed by atoms with Crippen molar-refractivity contribution in [2.24, 2.45) is 5.92 Å². The van der Waals surface area contributed by atoms with Gasteiger partial charge in [0.25, 0.3) is 0 Å². The normalized spacial score (nSPS) is 24.9. The van der Waals surface area contributed by atoms with Gasteiger partial charge in [-0.2, -0.15) is 0 Å². The van der Waals surface area contributed by atoms with E-state index < -0.39 is 12.0 Å². The fourth-order valence-corrected chi connectivity index (χ4v) is 2.40. The lowest BCUT2D eigenvalue weighted by atomic mass is 10.1. The Morgan fingerprint density at radius 1 is 1.47 bits per heavy atom. The standard InChI is InChI=1S/C13H22N2O4/c1-2-10-8-19-6-5-15(10)13(18)14-11(12(16)17)7-9-3-4-9/h9-11H,2-8H2,1H3,(H,14,18)(H,16,17)/t10?,11-/m0/s1. The topological polar surface area (TPSA) is 78.9 Å². The number of hydrogen-bond acceptors (Lipinski definition) is 3. The Labute approximate surface area is 113 Å². The van der Waals surface area contributed by atoms with E-state index in [-0.39, 0.29) is 12.1 Å². The predicted octanol–water partition coefficient (Wildman–Crippen LogP) is 1.06. The molecular weight excluding hydrogens is 248 g/mol. The van der Waals surface area contributed by atoms with E-state index in [4.69, 9.17) is 9.84 Å². The molecule has 2 atom stereocenters. The predicted molar refractivity (Wildman–Crippen MR) is 68.9 cm³/mol. The average Bonchev–Trinajstić information content (AvgIpc) is 3.21. The quantitative estimate of drug-likeness (QED) is 0.783. The van der Waals surface area contributed by atoms with Crippen molar-refractivity contribution in [3.05, 3.63) is 0 Å². The summed E-state index contributed by atoms with van der Waals surface area (Å²) in [7, 11) is 0. The minimum Gasteiger partial charge on any atom is -0.480 e. The molecule has 1 saturated carbocycles. The summed E-state index contributed by atoms with van der Waals surface area (Å²) in [6.07, 6.45) is 3.51. The number of carboxylic acid groups (broad SMARTS) is 1. The zero-order valence-corrected chi connectivity index (χ0v) is 11.3. The lowest BCUT2D eigenvalue weighted by molar-refractivity contribution is -0.139. The van der Waals surface area contributed by atoms with E-state index in [1.807, 2.05) is 6.92 Å². The Kier molecular flexibility index (Phi) is 4.63. The Morgan fingerprint density at radius 2 is 2.21 bits per heavy atom. The van der Waals surface area contributed by atoms with Crippen molar-refractivity contribution in [3.63, 3.8) is 0 Å². The zero-order valence-electron chi connectivity index (χ0n) is 11.3. The first-order valence-electron chi connectivity index (χ1n) is 6.99. The summed E-state index contributed by atoms with van der Waals surface area (Å²) in [5.74, 6) is -0.477. The summed E-state index contributed by atoms with van der Waals surface area (Å²) in [4.78, 5) is 25.1. The van der Waals surface area contributed by atoms with Gasteiger partial charge in [-0.15, -0.1) is 0 Å². The lowest BCUT2D eigenvalue weighted by Crippen LogP contribution is -2.55. The van der Waals surface area contributed by atoms with Crippen LogP contribution in [0.5, 0.6) is 0 Å². The lowest BCUT2D eigenvalue weighted by Gasteiger charge is -2.35. The van der Waals surface area contributed by atoms with Crippen LogP contribution in [-0.2, 0) is 9.53 Å². The SMILES string of the molecule is CCC1COCCN1C(=O)N[C@@H](CC1CC1)C(=O)O. The Hall–Kier alpha value is -1.30. The third-order valence-corrected chi connectivity index (χ3v) is 3.82. The first-order valence-corrected chi connectivity index (χ1v) is 6.99. The number of amides is 2. The van der Waals surface area contributed by atoms with Crippen LogP contribution in [0.1, 0.15) is 32.6 Å². The molecule has 2 amide bonds. The highest BCUT2D eigenvalue weighted by molar-refractivity contribution is 5.82. The van der Waals surface area contributed by atoms with Gasteiger partial charge in [-0.25, -0.2) is 9.59 Å². The molecule has 0 spiro atoms. The van der Waals surface area contributed by atoms with Crippen LogP contribution in [0.3, 0.4) is 0 Å². The molecule has 2 fully saturated rings. The van der Waals surface area contributed by atoms with Crippen molar-refractivity contribution in [2.75, 3.05) is 19.8 Å². The summed E-state index contributed by atoms with van der Waals surface area (Å²) < 4.78 is 5.34. The highest BCUT2D eigenvalue weighted by Crippen LogP contribution is 2.33. The molecule has 0 bridgehead atoms. The van der Waals surface area contributed by atoms with E-state index in [2.05, 4.69) is 5.32 Å². The number of carbonyl (C=O) groups excluding carboxylic acids is 1. The van der Waals surface area contributed by atoms with Gasteiger partial charge in [-0.05, 0) is 18.8 Å². The Balaban J connectivity index is 1.91. The number of ether oxygens (including phenoxy) is 1. The molecule has 1 unspecified atom stereocenters. The first-order chi connectivity index (χ1) is 9.11. The summed E-state index contributed by atoms with van der Waals surface area (Å²) in [6.45, 7) is 3.58. The van der Waals surface area contributed by atoms with Crippen LogP contribution in [0.4, 0.5) is 4.79 Å². The van der Waals surface area contributed by atoms with Gasteiger partial charge in [0, 0.05) is 6.54 Å². The highest BCUT2D eigenvalue weighted by atomic mass is 16.5. The third-order valence-electron chi connectivity index (χ3n) is 3.82. The molecule has 0 aromatic rings. The molecule has 6 heteroatoms. The second-order valence-electron chi connectivity index (χ2n) is 5.35. The number of hydrogen-bond donors (Lipinski definition) is 2. The van der Waals surface area contributed by atoms with Crippen LogP contribution >= 0.6 is 0 Å². The van der Waals surface area contributed by atoms with Crippen molar-refractivity contribution in [3.8, 4) is 0 Å². The number of nitrogens with one attached hydrogen (secondary N) is 1. The molecule has 0 radical (unpaired) electrons. The summed E-state index contributed by atoms with van der Waals surface area (Å²) in [5, 5.41) is 11.8. The van der Waals surface area contributed by atoms with Crippen molar-refractivity contribution < 1.29 is 19.4 Å². The minimum absolute atomic E-state index is 0.0455. The van der Waals surface area contributed by atoms with Crippen LogP contribution in [0.25, 0.3) is 0 Å². The van der Waals surface area contributed by atoms with Crippen LogP contribution in [-0.4, -0.2) is 53.8 Å². The molecule has 1 saturated heterocycles. The Bertz CT molecular complexity index is 344. The minimum atomic E-state index is -0.943. The molecule has 19 heavy (non-hydrogen) atoms. The van der Waals surface area contributed by atoms with Gasteiger partial charge in [-0.1, -0.05) is 19.8 Å². The van der Waals surface area contributed by atoms with Gasteiger partial charge in [0.05, 0.1) is 19.3 Å². The fourth-order valence-electron chi connectivity index (χ4n) is 2.40. The van der Waals surface area contributed by atoms with Gasteiger partial charge in [-0.3, -0.25) is 0 Å². The molecule has 0 aromatic carbocycles. The van der Waals surface area contributed by atoms with E-state index >= 15 is 0 Å². The van der Waals surface area contributed by atoms with Gasteiger partial charge >= 0.3 is 12.0 Å². The molecule has 0 aromatic heterocycles. The highest BCUT2D eigenvalue weighted by Gasteiger charge is 2.33. The van der Waals surface area contributed by atoms with Crippen molar-refractivity contribution in [2.45, 2.75) is 44.7 Å². The summed E-state index contributed by atoms with van der Waals surface area (Å²) >= 11 is 0. The summed E-state index contributed by atoms with van der Waals surface area (Å²) in [6, 6.07) is -0.993. The smallest absolute Gasteiger partial charge is 0.326 e. The molecule has 2 aliphatic rings. The Morgan fingerprint density at radius 3 is 2.79 bits per heavy atom. The first kappa shape index (κ1) is 14.1. The number of morpholine rings is 1. The number of aliphatic carboxylic acids is 1. The largest absolute Gasteiger partial charge is 0.480 e. The van der Waals surface area contributed by atoms with Gasteiger partial charge in [0.15, 0.2) is 0 Å². The maximum absolute atomic E-state index is 12.2. The zero-order chi connectivity index (χ0) is 13.8. The molecule has 1 aliphatic heterocycles.